The van der Waals surface area contributed by atoms with Crippen molar-refractivity contribution >= 4 is 17.4 Å². The largest absolute Gasteiger partial charge is 0.497 e. The molecule has 6 heteroatoms. The fourth-order valence-electron chi connectivity index (χ4n) is 4.11. The molecule has 0 aliphatic carbocycles. The van der Waals surface area contributed by atoms with Gasteiger partial charge in [0.05, 0.1) is 12.7 Å². The molecule has 1 saturated heterocycles. The number of aliphatic imine (C=N–C) groups is 1. The number of amidine groups is 1. The molecule has 0 bridgehead atoms. The van der Waals surface area contributed by atoms with Gasteiger partial charge in [0.1, 0.15) is 23.0 Å². The number of fused-ring (bicyclic) bond motifs is 2. The first-order chi connectivity index (χ1) is 14.7. The van der Waals surface area contributed by atoms with E-state index in [1.54, 1.807) is 7.11 Å². The lowest BCUT2D eigenvalue weighted by Crippen LogP contribution is -2.57. The van der Waals surface area contributed by atoms with E-state index in [1.165, 1.54) is 0 Å². The molecule has 2 aromatic rings. The van der Waals surface area contributed by atoms with Gasteiger partial charge in [-0.05, 0) is 49.7 Å². The molecular formula is C25H31N3O3. The molecule has 6 nitrogen and oxygen atoms in total. The van der Waals surface area contributed by atoms with Crippen molar-refractivity contribution in [1.29, 1.82) is 0 Å². The molecule has 0 spiro atoms. The fraction of sp³-hybridized carbons (Fsp3) is 0.440. The van der Waals surface area contributed by atoms with Gasteiger partial charge in [0, 0.05) is 31.1 Å². The van der Waals surface area contributed by atoms with Crippen molar-refractivity contribution in [1.82, 2.24) is 9.80 Å². The fourth-order valence-corrected chi connectivity index (χ4v) is 4.11. The molecular weight excluding hydrogens is 390 g/mol. The van der Waals surface area contributed by atoms with E-state index in [9.17, 15) is 4.79 Å². The van der Waals surface area contributed by atoms with Gasteiger partial charge in [0.15, 0.2) is 5.75 Å². The van der Waals surface area contributed by atoms with Crippen LogP contribution in [0.25, 0.3) is 0 Å². The van der Waals surface area contributed by atoms with Crippen molar-refractivity contribution in [3.05, 3.63) is 47.5 Å². The van der Waals surface area contributed by atoms with E-state index in [2.05, 4.69) is 11.8 Å². The number of carbonyl (C=O) groups excluding carboxylic acids is 1. The molecule has 2 aliphatic rings. The molecule has 1 atom stereocenters. The third-order valence-corrected chi connectivity index (χ3v) is 5.82. The topological polar surface area (TPSA) is 54.4 Å². The second kappa shape index (κ2) is 7.91. The van der Waals surface area contributed by atoms with Crippen LogP contribution in [-0.4, -0.2) is 54.3 Å². The van der Waals surface area contributed by atoms with Crippen LogP contribution in [0.15, 0.2) is 41.4 Å². The highest BCUT2D eigenvalue weighted by atomic mass is 16.5. The molecule has 31 heavy (non-hydrogen) atoms. The first kappa shape index (κ1) is 21.2. The van der Waals surface area contributed by atoms with Crippen LogP contribution in [0, 0.1) is 12.3 Å². The smallest absolute Gasteiger partial charge is 0.228 e. The first-order valence-electron chi connectivity index (χ1n) is 10.8. The zero-order chi connectivity index (χ0) is 22.3. The monoisotopic (exact) mass is 421 g/mol. The average molecular weight is 422 g/mol. The predicted octanol–water partition coefficient (Wildman–Crippen LogP) is 4.77. The molecule has 164 valence electrons. The number of aryl methyl sites for hydroxylation is 1. The minimum atomic E-state index is -0.388. The Morgan fingerprint density at radius 2 is 1.90 bits per heavy atom. The number of benzene rings is 2. The third kappa shape index (κ3) is 4.11. The van der Waals surface area contributed by atoms with E-state index in [4.69, 9.17) is 14.5 Å². The van der Waals surface area contributed by atoms with Crippen molar-refractivity contribution in [2.24, 2.45) is 10.4 Å². The second-order valence-electron chi connectivity index (χ2n) is 9.41. The van der Waals surface area contributed by atoms with E-state index in [0.29, 0.717) is 19.6 Å². The molecule has 2 heterocycles. The van der Waals surface area contributed by atoms with Crippen molar-refractivity contribution in [2.45, 2.75) is 40.7 Å². The van der Waals surface area contributed by atoms with Crippen LogP contribution in [0.4, 0.5) is 5.69 Å². The number of piperazine rings is 1. The third-order valence-electron chi connectivity index (χ3n) is 5.82. The molecule has 0 saturated carbocycles. The normalized spacial score (nSPS) is 18.4. The summed E-state index contributed by atoms with van der Waals surface area (Å²) in [4.78, 5) is 22.2. The Morgan fingerprint density at radius 1 is 1.13 bits per heavy atom. The second-order valence-corrected chi connectivity index (χ2v) is 9.41. The lowest BCUT2D eigenvalue weighted by molar-refractivity contribution is -0.143. The van der Waals surface area contributed by atoms with Gasteiger partial charge in [-0.15, -0.1) is 0 Å². The summed E-state index contributed by atoms with van der Waals surface area (Å²) in [5.41, 5.74) is 2.43. The number of rotatable bonds is 1. The molecule has 1 unspecified atom stereocenters. The summed E-state index contributed by atoms with van der Waals surface area (Å²) in [7, 11) is 1.66. The van der Waals surface area contributed by atoms with Gasteiger partial charge in [0.2, 0.25) is 5.91 Å². The number of hydrogen-bond donors (Lipinski definition) is 0. The summed E-state index contributed by atoms with van der Waals surface area (Å²) in [6, 6.07) is 11.9. The minimum Gasteiger partial charge on any atom is -0.497 e. The average Bonchev–Trinajstić information content (AvgIpc) is 2.88. The number of hydrogen-bond acceptors (Lipinski definition) is 5. The van der Waals surface area contributed by atoms with Crippen LogP contribution in [-0.2, 0) is 4.79 Å². The summed E-state index contributed by atoms with van der Waals surface area (Å²) in [6.45, 7) is 12.2. The van der Waals surface area contributed by atoms with Crippen molar-refractivity contribution in [2.75, 3.05) is 26.7 Å². The highest BCUT2D eigenvalue weighted by molar-refractivity contribution is 6.04. The number of ether oxygens (including phenoxy) is 2. The van der Waals surface area contributed by atoms with Gasteiger partial charge in [-0.25, -0.2) is 4.99 Å². The summed E-state index contributed by atoms with van der Waals surface area (Å²) in [6.07, 6.45) is 0. The van der Waals surface area contributed by atoms with Gasteiger partial charge in [0.25, 0.3) is 0 Å². The highest BCUT2D eigenvalue weighted by Crippen LogP contribution is 2.40. The number of amides is 1. The number of methoxy groups -OCH3 is 1. The van der Waals surface area contributed by atoms with Crippen LogP contribution in [0.3, 0.4) is 0 Å². The minimum absolute atomic E-state index is 0.0823. The Bertz CT molecular complexity index is 1040. The number of nitrogens with zero attached hydrogens (tertiary/aromatic N) is 3. The number of carbonyl (C=O) groups is 1. The standard InChI is InChI=1S/C25H31N3O3/c1-16-7-9-20-22(13-16)31-21-10-8-18(30-6)14-19(21)23(26-20)27-11-12-28(17(2)15-27)24(29)25(3,4)5/h7-10,13-14,17H,11-12,15H2,1-6H3. The molecule has 2 aliphatic heterocycles. The zero-order valence-corrected chi connectivity index (χ0v) is 19.2. The van der Waals surface area contributed by atoms with Crippen LogP contribution in [0.2, 0.25) is 0 Å². The lowest BCUT2D eigenvalue weighted by Gasteiger charge is -2.43. The van der Waals surface area contributed by atoms with Gasteiger partial charge in [-0.3, -0.25) is 4.79 Å². The maximum Gasteiger partial charge on any atom is 0.228 e. The van der Waals surface area contributed by atoms with Gasteiger partial charge in [-0.2, -0.15) is 0 Å². The lowest BCUT2D eigenvalue weighted by atomic mass is 9.93. The van der Waals surface area contributed by atoms with Crippen LogP contribution < -0.4 is 9.47 Å². The Kier molecular flexibility index (Phi) is 5.42. The maximum atomic E-state index is 12.9. The molecule has 0 N–H and O–H groups in total. The molecule has 4 rings (SSSR count). The molecule has 0 radical (unpaired) electrons. The summed E-state index contributed by atoms with van der Waals surface area (Å²) >= 11 is 0. The summed E-state index contributed by atoms with van der Waals surface area (Å²) in [5.74, 6) is 3.30. The molecule has 1 amide bonds. The highest BCUT2D eigenvalue weighted by Gasteiger charge is 2.35. The predicted molar refractivity (Wildman–Crippen MR) is 123 cm³/mol. The van der Waals surface area contributed by atoms with Gasteiger partial charge < -0.3 is 19.3 Å². The van der Waals surface area contributed by atoms with Crippen molar-refractivity contribution < 1.29 is 14.3 Å². The van der Waals surface area contributed by atoms with Gasteiger partial charge in [-0.1, -0.05) is 26.8 Å². The van der Waals surface area contributed by atoms with E-state index >= 15 is 0 Å². The Morgan fingerprint density at radius 3 is 2.58 bits per heavy atom. The quantitative estimate of drug-likeness (QED) is 0.666. The Labute approximate surface area is 184 Å². The van der Waals surface area contributed by atoms with Crippen molar-refractivity contribution in [3.8, 4) is 17.2 Å². The summed E-state index contributed by atoms with van der Waals surface area (Å²) < 4.78 is 11.8. The van der Waals surface area contributed by atoms with E-state index < -0.39 is 0 Å². The molecule has 0 aromatic heterocycles. The summed E-state index contributed by atoms with van der Waals surface area (Å²) in [5, 5.41) is 0. The molecule has 1 fully saturated rings. The van der Waals surface area contributed by atoms with Gasteiger partial charge >= 0.3 is 0 Å². The Hall–Kier alpha value is -3.02. The van der Waals surface area contributed by atoms with E-state index in [1.807, 2.05) is 69.0 Å². The van der Waals surface area contributed by atoms with E-state index in [-0.39, 0.29) is 17.4 Å². The van der Waals surface area contributed by atoms with Crippen LogP contribution in [0.1, 0.15) is 38.8 Å². The molecule has 2 aromatic carbocycles. The SMILES string of the molecule is COc1ccc2c(c1)C(N1CCN(C(=O)C(C)(C)C)C(C)C1)=Nc1ccc(C)cc1O2. The van der Waals surface area contributed by atoms with Crippen molar-refractivity contribution in [3.63, 3.8) is 0 Å². The van der Waals surface area contributed by atoms with E-state index in [0.717, 1.165) is 39.9 Å². The maximum absolute atomic E-state index is 12.9. The first-order valence-corrected chi connectivity index (χ1v) is 10.8. The van der Waals surface area contributed by atoms with Crippen LogP contribution >= 0.6 is 0 Å². The van der Waals surface area contributed by atoms with Crippen LogP contribution in [0.5, 0.6) is 17.2 Å². The Balaban J connectivity index is 1.73. The zero-order valence-electron chi connectivity index (χ0n) is 19.2.